The molecule has 0 bridgehead atoms. The van der Waals surface area contributed by atoms with Crippen LogP contribution < -0.4 is 0 Å². The Morgan fingerprint density at radius 3 is 3.20 bits per heavy atom. The predicted octanol–water partition coefficient (Wildman–Crippen LogP) is 1.20. The summed E-state index contributed by atoms with van der Waals surface area (Å²) in [6.45, 7) is 2.92. The lowest BCUT2D eigenvalue weighted by Gasteiger charge is -2.42. The van der Waals surface area contributed by atoms with E-state index in [4.69, 9.17) is 0 Å². The number of rotatable bonds is 0. The predicted molar refractivity (Wildman–Crippen MR) is 41.5 cm³/mol. The molecule has 2 aliphatic rings. The molecule has 0 spiro atoms. The van der Waals surface area contributed by atoms with Gasteiger partial charge in [0.15, 0.2) is 0 Å². The summed E-state index contributed by atoms with van der Waals surface area (Å²) in [6, 6.07) is 0. The van der Waals surface area contributed by atoms with Crippen LogP contribution >= 0.6 is 11.8 Å². The van der Waals surface area contributed by atoms with E-state index in [-0.39, 0.29) is 0 Å². The minimum absolute atomic E-state index is 0.310. The van der Waals surface area contributed by atoms with Crippen LogP contribution in [0.25, 0.3) is 0 Å². The number of carbonyl (C=O) groups excluding carboxylic acids is 1. The molecule has 0 radical (unpaired) electrons. The number of carbonyl (C=O) groups is 1. The molecule has 3 heteroatoms. The fourth-order valence-electron chi connectivity index (χ4n) is 1.24. The van der Waals surface area contributed by atoms with Gasteiger partial charge in [-0.15, -0.1) is 11.8 Å². The van der Waals surface area contributed by atoms with Gasteiger partial charge in [-0.05, 0) is 17.9 Å². The van der Waals surface area contributed by atoms with E-state index in [1.165, 1.54) is 5.57 Å². The van der Waals surface area contributed by atoms with Crippen molar-refractivity contribution in [3.05, 3.63) is 11.0 Å². The van der Waals surface area contributed by atoms with Crippen LogP contribution in [0.2, 0.25) is 0 Å². The van der Waals surface area contributed by atoms with Crippen molar-refractivity contribution >= 4 is 17.7 Å². The number of hydrogen-bond donors (Lipinski definition) is 0. The lowest BCUT2D eigenvalue weighted by molar-refractivity contribution is -0.140. The summed E-state index contributed by atoms with van der Waals surface area (Å²) in [7, 11) is 0. The largest absolute Gasteiger partial charge is 0.326 e. The molecule has 0 unspecified atom stereocenters. The third kappa shape index (κ3) is 0.770. The first-order valence-corrected chi connectivity index (χ1v) is 4.32. The summed E-state index contributed by atoms with van der Waals surface area (Å²) in [5, 5.41) is 2.63. The summed E-state index contributed by atoms with van der Waals surface area (Å²) in [5.41, 5.74) is 1.30. The first kappa shape index (κ1) is 6.28. The molecule has 10 heavy (non-hydrogen) atoms. The zero-order chi connectivity index (χ0) is 7.14. The van der Waals surface area contributed by atoms with Crippen molar-refractivity contribution in [2.45, 2.75) is 18.7 Å². The summed E-state index contributed by atoms with van der Waals surface area (Å²) in [6.07, 6.45) is 0.744. The SMILES string of the molecule is CC1=CS[C@@H]2CC(=O)N2C1. The van der Waals surface area contributed by atoms with Gasteiger partial charge in [0, 0.05) is 6.54 Å². The summed E-state index contributed by atoms with van der Waals surface area (Å²) in [5.74, 6) is 0.310. The van der Waals surface area contributed by atoms with Crippen LogP contribution in [0.3, 0.4) is 0 Å². The molecule has 0 saturated carbocycles. The highest BCUT2D eigenvalue weighted by Crippen LogP contribution is 2.35. The van der Waals surface area contributed by atoms with E-state index in [0.717, 1.165) is 13.0 Å². The fraction of sp³-hybridized carbons (Fsp3) is 0.571. The zero-order valence-corrected chi connectivity index (χ0v) is 6.65. The van der Waals surface area contributed by atoms with Crippen LogP contribution in [-0.4, -0.2) is 22.7 Å². The van der Waals surface area contributed by atoms with Gasteiger partial charge >= 0.3 is 0 Å². The van der Waals surface area contributed by atoms with E-state index in [1.807, 2.05) is 4.90 Å². The van der Waals surface area contributed by atoms with Gasteiger partial charge in [0.25, 0.3) is 0 Å². The number of hydrogen-bond acceptors (Lipinski definition) is 2. The summed E-state index contributed by atoms with van der Waals surface area (Å²) in [4.78, 5) is 12.8. The molecule has 0 aliphatic carbocycles. The van der Waals surface area contributed by atoms with Crippen LogP contribution in [0.15, 0.2) is 11.0 Å². The van der Waals surface area contributed by atoms with E-state index in [2.05, 4.69) is 12.3 Å². The second-order valence-electron chi connectivity index (χ2n) is 2.78. The Kier molecular flexibility index (Phi) is 1.27. The van der Waals surface area contributed by atoms with E-state index < -0.39 is 0 Å². The maximum absolute atomic E-state index is 10.9. The van der Waals surface area contributed by atoms with Crippen molar-refractivity contribution < 1.29 is 4.79 Å². The quantitative estimate of drug-likeness (QED) is 0.490. The second kappa shape index (κ2) is 2.02. The molecule has 0 aromatic rings. The first-order valence-electron chi connectivity index (χ1n) is 3.38. The van der Waals surface area contributed by atoms with Gasteiger partial charge in [0.1, 0.15) is 0 Å². The number of β-lactam (4-membered cyclic amide) rings is 1. The maximum Gasteiger partial charge on any atom is 0.226 e. The Labute approximate surface area is 64.3 Å². The van der Waals surface area contributed by atoms with Crippen LogP contribution in [0, 0.1) is 0 Å². The molecule has 1 atom stereocenters. The van der Waals surface area contributed by atoms with Crippen LogP contribution in [-0.2, 0) is 4.79 Å². The summed E-state index contributed by atoms with van der Waals surface area (Å²) < 4.78 is 0. The average molecular weight is 155 g/mol. The third-order valence-electron chi connectivity index (χ3n) is 1.86. The Balaban J connectivity index is 2.13. The highest BCUT2D eigenvalue weighted by molar-refractivity contribution is 8.02. The molecule has 1 amide bonds. The molecule has 1 fully saturated rings. The molecule has 2 heterocycles. The standard InChI is InChI=1S/C7H9NOS/c1-5-3-8-6(9)2-7(8)10-4-5/h4,7H,2-3H2,1H3/t7-/m1/s1. The molecular formula is C7H9NOS. The van der Waals surface area contributed by atoms with Crippen molar-refractivity contribution in [3.8, 4) is 0 Å². The van der Waals surface area contributed by atoms with Gasteiger partial charge in [-0.3, -0.25) is 4.79 Å². The van der Waals surface area contributed by atoms with E-state index in [1.54, 1.807) is 11.8 Å². The van der Waals surface area contributed by atoms with Gasteiger partial charge in [-0.1, -0.05) is 0 Å². The molecule has 0 aromatic carbocycles. The molecular weight excluding hydrogens is 146 g/mol. The van der Waals surface area contributed by atoms with E-state index in [0.29, 0.717) is 11.3 Å². The topological polar surface area (TPSA) is 20.3 Å². The Hall–Kier alpha value is -0.440. The maximum atomic E-state index is 10.9. The van der Waals surface area contributed by atoms with Crippen LogP contribution in [0.5, 0.6) is 0 Å². The lowest BCUT2D eigenvalue weighted by Crippen LogP contribution is -2.52. The fourth-order valence-corrected chi connectivity index (χ4v) is 2.28. The van der Waals surface area contributed by atoms with E-state index in [9.17, 15) is 4.79 Å². The van der Waals surface area contributed by atoms with Gasteiger partial charge in [-0.25, -0.2) is 0 Å². The molecule has 2 nitrogen and oxygen atoms in total. The van der Waals surface area contributed by atoms with Crippen molar-refractivity contribution in [1.29, 1.82) is 0 Å². The lowest BCUT2D eigenvalue weighted by atomic mass is 10.1. The van der Waals surface area contributed by atoms with Gasteiger partial charge in [0.05, 0.1) is 11.8 Å². The van der Waals surface area contributed by atoms with E-state index >= 15 is 0 Å². The Morgan fingerprint density at radius 1 is 1.80 bits per heavy atom. The van der Waals surface area contributed by atoms with Crippen molar-refractivity contribution in [2.75, 3.05) is 6.54 Å². The van der Waals surface area contributed by atoms with Crippen LogP contribution in [0.4, 0.5) is 0 Å². The molecule has 0 N–H and O–H groups in total. The number of fused-ring (bicyclic) bond motifs is 1. The average Bonchev–Trinajstić information content (AvgIpc) is 1.92. The highest BCUT2D eigenvalue weighted by Gasteiger charge is 2.37. The smallest absolute Gasteiger partial charge is 0.226 e. The first-order chi connectivity index (χ1) is 4.77. The number of nitrogens with zero attached hydrogens (tertiary/aromatic N) is 1. The van der Waals surface area contributed by atoms with Gasteiger partial charge in [0.2, 0.25) is 5.91 Å². The molecule has 0 aromatic heterocycles. The molecule has 2 rings (SSSR count). The highest BCUT2D eigenvalue weighted by atomic mass is 32.2. The third-order valence-corrected chi connectivity index (χ3v) is 3.14. The number of thioether (sulfide) groups is 1. The van der Waals surface area contributed by atoms with Crippen LogP contribution in [0.1, 0.15) is 13.3 Å². The number of amides is 1. The Bertz CT molecular complexity index is 212. The van der Waals surface area contributed by atoms with Gasteiger partial charge in [-0.2, -0.15) is 0 Å². The molecule has 2 aliphatic heterocycles. The molecule has 54 valence electrons. The minimum atomic E-state index is 0.310. The van der Waals surface area contributed by atoms with Gasteiger partial charge < -0.3 is 4.90 Å². The Morgan fingerprint density at radius 2 is 2.60 bits per heavy atom. The van der Waals surface area contributed by atoms with Crippen molar-refractivity contribution in [3.63, 3.8) is 0 Å². The second-order valence-corrected chi connectivity index (χ2v) is 3.83. The normalized spacial score (nSPS) is 30.9. The van der Waals surface area contributed by atoms with Crippen molar-refractivity contribution in [2.24, 2.45) is 0 Å². The minimum Gasteiger partial charge on any atom is -0.326 e. The zero-order valence-electron chi connectivity index (χ0n) is 5.83. The van der Waals surface area contributed by atoms with Crippen molar-refractivity contribution in [1.82, 2.24) is 4.90 Å². The summed E-state index contributed by atoms with van der Waals surface area (Å²) >= 11 is 1.77. The molecule has 1 saturated heterocycles. The monoisotopic (exact) mass is 155 g/mol.